The third-order valence-corrected chi connectivity index (χ3v) is 10.8. The first-order valence-corrected chi connectivity index (χ1v) is 18.9. The average Bonchev–Trinajstić information content (AvgIpc) is 3.77. The van der Waals surface area contributed by atoms with Crippen LogP contribution in [0.15, 0.2) is 91.4 Å². The molecule has 0 N–H and O–H groups in total. The van der Waals surface area contributed by atoms with Gasteiger partial charge < -0.3 is 9.30 Å². The van der Waals surface area contributed by atoms with Crippen molar-refractivity contribution >= 4 is 21.8 Å². The first kappa shape index (κ1) is 38.3. The predicted octanol–water partition coefficient (Wildman–Crippen LogP) is 12.3. The first-order valence-electron chi connectivity index (χ1n) is 18.9. The molecule has 0 bridgehead atoms. The molecule has 3 aromatic heterocycles. The van der Waals surface area contributed by atoms with Gasteiger partial charge >= 0.3 is 21.1 Å². The molecule has 3 heterocycles. The van der Waals surface area contributed by atoms with E-state index in [1.165, 1.54) is 33.4 Å². The van der Waals surface area contributed by atoms with Gasteiger partial charge in [0.15, 0.2) is 0 Å². The molecule has 0 radical (unpaired) electrons. The van der Waals surface area contributed by atoms with Crippen LogP contribution in [0.1, 0.15) is 88.1 Å². The normalized spacial score (nSPS) is 12.7. The van der Waals surface area contributed by atoms with Gasteiger partial charge in [-0.3, -0.25) is 4.68 Å². The molecule has 2 unspecified atom stereocenters. The number of aromatic nitrogens is 4. The molecule has 2 atom stereocenters. The predicted molar refractivity (Wildman–Crippen MR) is 215 cm³/mol. The van der Waals surface area contributed by atoms with Crippen LogP contribution in [-0.4, -0.2) is 19.3 Å². The summed E-state index contributed by atoms with van der Waals surface area (Å²) < 4.78 is 10.6. The number of aryl methyl sites for hydroxylation is 2. The van der Waals surface area contributed by atoms with Crippen molar-refractivity contribution in [2.75, 3.05) is 0 Å². The van der Waals surface area contributed by atoms with E-state index in [2.05, 4.69) is 127 Å². The maximum absolute atomic E-state index is 6.48. The number of pyridine rings is 1. The fraction of sp³-hybridized carbons (Fsp3) is 0.319. The molecule has 7 aromatic rings. The average molecular weight is 882 g/mol. The van der Waals surface area contributed by atoms with Gasteiger partial charge in [0.25, 0.3) is 0 Å². The minimum atomic E-state index is 0. The maximum atomic E-state index is 6.48. The van der Waals surface area contributed by atoms with Crippen LogP contribution in [-0.2, 0) is 33.9 Å². The SMILES string of the molecule is CCC(C)Cc1c(C)cc(C)c(CC(C)CC)c1-c1cnn(-c2[c-]c(Oc3[c-]c4c(cc3)c3ccccc3n4-c3cc(C(C)C)ccn3)ccc2)c1.[Pt+2]. The molecule has 0 fully saturated rings. The van der Waals surface area contributed by atoms with E-state index in [-0.39, 0.29) is 21.1 Å². The zero-order chi connectivity index (χ0) is 36.5. The summed E-state index contributed by atoms with van der Waals surface area (Å²) in [5.74, 6) is 3.70. The molecular formula is C47H50N4OPt. The van der Waals surface area contributed by atoms with Crippen molar-refractivity contribution in [2.24, 2.45) is 11.8 Å². The number of hydrogen-bond donors (Lipinski definition) is 0. The van der Waals surface area contributed by atoms with E-state index >= 15 is 0 Å². The summed E-state index contributed by atoms with van der Waals surface area (Å²) in [6.45, 7) is 18.2. The van der Waals surface area contributed by atoms with Crippen molar-refractivity contribution in [3.8, 4) is 34.1 Å². The Morgan fingerprint density at radius 1 is 0.755 bits per heavy atom. The molecule has 5 nitrogen and oxygen atoms in total. The monoisotopic (exact) mass is 881 g/mol. The summed E-state index contributed by atoms with van der Waals surface area (Å²) in [6, 6.07) is 32.3. The van der Waals surface area contributed by atoms with Crippen LogP contribution in [0, 0.1) is 37.8 Å². The van der Waals surface area contributed by atoms with Crippen LogP contribution >= 0.6 is 0 Å². The van der Waals surface area contributed by atoms with Gasteiger partial charge in [-0.2, -0.15) is 17.2 Å². The topological polar surface area (TPSA) is 44.9 Å². The summed E-state index contributed by atoms with van der Waals surface area (Å²) in [7, 11) is 0. The molecule has 53 heavy (non-hydrogen) atoms. The number of rotatable bonds is 12. The second kappa shape index (κ2) is 16.3. The molecule has 0 aliphatic carbocycles. The second-order valence-corrected chi connectivity index (χ2v) is 15.0. The Bertz CT molecular complexity index is 2330. The number of nitrogens with zero attached hydrogens (tertiary/aromatic N) is 4. The van der Waals surface area contributed by atoms with Crippen LogP contribution in [0.5, 0.6) is 11.5 Å². The molecule has 7 rings (SSSR count). The summed E-state index contributed by atoms with van der Waals surface area (Å²) in [6.07, 6.45) is 10.5. The van der Waals surface area contributed by atoms with E-state index in [9.17, 15) is 0 Å². The van der Waals surface area contributed by atoms with Crippen molar-refractivity contribution < 1.29 is 25.8 Å². The van der Waals surface area contributed by atoms with Crippen LogP contribution in [0.25, 0.3) is 44.4 Å². The molecule has 0 saturated heterocycles. The first-order chi connectivity index (χ1) is 25.1. The van der Waals surface area contributed by atoms with Crippen LogP contribution < -0.4 is 4.74 Å². The number of benzene rings is 4. The van der Waals surface area contributed by atoms with Crippen molar-refractivity contribution in [3.63, 3.8) is 0 Å². The van der Waals surface area contributed by atoms with E-state index < -0.39 is 0 Å². The van der Waals surface area contributed by atoms with Gasteiger partial charge in [0.05, 0.1) is 6.20 Å². The summed E-state index contributed by atoms with van der Waals surface area (Å²) in [5.41, 5.74) is 12.2. The van der Waals surface area contributed by atoms with Crippen molar-refractivity contribution in [1.82, 2.24) is 19.3 Å². The van der Waals surface area contributed by atoms with Gasteiger partial charge in [0.1, 0.15) is 5.82 Å². The van der Waals surface area contributed by atoms with Gasteiger partial charge in [-0.1, -0.05) is 84.2 Å². The summed E-state index contributed by atoms with van der Waals surface area (Å²) in [5, 5.41) is 7.15. The van der Waals surface area contributed by atoms with E-state index in [1.54, 1.807) is 0 Å². The standard InChI is InChI=1S/C47H50N4O.Pt/c1-9-31(5)22-42-33(7)24-34(8)43(23-32(6)10-2)47(42)36-28-49-50(29-36)37-14-13-15-38(26-37)52-39-18-19-41-40-16-11-12-17-44(40)51(45(41)27-39)46-25-35(30(3)4)20-21-48-46;/h11-21,24-25,28-32H,9-10,22-23H2,1-8H3;/q-2;+2. The quantitative estimate of drug-likeness (QED) is 0.115. The summed E-state index contributed by atoms with van der Waals surface area (Å²) in [4.78, 5) is 4.79. The number of para-hydroxylation sites is 1. The molecule has 0 aliphatic rings. The zero-order valence-electron chi connectivity index (χ0n) is 32.2. The van der Waals surface area contributed by atoms with E-state index in [4.69, 9.17) is 14.8 Å². The third kappa shape index (κ3) is 7.78. The molecule has 6 heteroatoms. The maximum Gasteiger partial charge on any atom is 2.00 e. The van der Waals surface area contributed by atoms with E-state index in [0.29, 0.717) is 29.3 Å². The molecule has 4 aromatic carbocycles. The largest absolute Gasteiger partial charge is 2.00 e. The molecular weight excluding hydrogens is 832 g/mol. The zero-order valence-corrected chi connectivity index (χ0v) is 34.5. The minimum absolute atomic E-state index is 0. The van der Waals surface area contributed by atoms with Crippen LogP contribution in [0.2, 0.25) is 0 Å². The molecule has 0 aliphatic heterocycles. The van der Waals surface area contributed by atoms with Gasteiger partial charge in [-0.05, 0) is 107 Å². The van der Waals surface area contributed by atoms with Crippen molar-refractivity contribution in [1.29, 1.82) is 0 Å². The smallest absolute Gasteiger partial charge is 0.509 e. The Hall–Kier alpha value is -4.47. The van der Waals surface area contributed by atoms with Gasteiger partial charge in [0, 0.05) is 35.0 Å². The fourth-order valence-electron chi connectivity index (χ4n) is 7.35. The van der Waals surface area contributed by atoms with Gasteiger partial charge in [-0.15, -0.1) is 35.7 Å². The van der Waals surface area contributed by atoms with Gasteiger partial charge in [0.2, 0.25) is 0 Å². The third-order valence-electron chi connectivity index (χ3n) is 10.8. The molecule has 274 valence electrons. The molecule has 0 amide bonds. The number of ether oxygens (including phenoxy) is 1. The van der Waals surface area contributed by atoms with E-state index in [1.807, 2.05) is 41.3 Å². The van der Waals surface area contributed by atoms with Crippen LogP contribution in [0.3, 0.4) is 0 Å². The minimum Gasteiger partial charge on any atom is -0.509 e. The molecule has 0 spiro atoms. The Morgan fingerprint density at radius 3 is 2.15 bits per heavy atom. The Kier molecular flexibility index (Phi) is 11.7. The Labute approximate surface area is 329 Å². The van der Waals surface area contributed by atoms with Crippen molar-refractivity contribution in [3.05, 3.63) is 131 Å². The van der Waals surface area contributed by atoms with Crippen molar-refractivity contribution in [2.45, 2.75) is 87.0 Å². The Balaban J connectivity index is 0.00000481. The molecule has 0 saturated carbocycles. The Morgan fingerprint density at radius 2 is 1.45 bits per heavy atom. The van der Waals surface area contributed by atoms with E-state index in [0.717, 1.165) is 64.6 Å². The number of fused-ring (bicyclic) bond motifs is 3. The second-order valence-electron chi connectivity index (χ2n) is 15.0. The van der Waals surface area contributed by atoms with Crippen LogP contribution in [0.4, 0.5) is 0 Å². The van der Waals surface area contributed by atoms with Gasteiger partial charge in [-0.25, -0.2) is 4.98 Å². The summed E-state index contributed by atoms with van der Waals surface area (Å²) >= 11 is 0. The number of hydrogen-bond acceptors (Lipinski definition) is 3. The fourth-order valence-corrected chi connectivity index (χ4v) is 7.35.